The van der Waals surface area contributed by atoms with Gasteiger partial charge in [0.05, 0.1) is 0 Å². The number of hydrogen-bond acceptors (Lipinski definition) is 3. The number of nitrogens with one attached hydrogen (secondary N) is 1. The van der Waals surface area contributed by atoms with E-state index in [2.05, 4.69) is 10.3 Å². The van der Waals surface area contributed by atoms with Crippen LogP contribution in [0.3, 0.4) is 0 Å². The molecule has 0 aliphatic carbocycles. The molecule has 0 spiro atoms. The average Bonchev–Trinajstić information content (AvgIpc) is 2.32. The van der Waals surface area contributed by atoms with Gasteiger partial charge in [0, 0.05) is 17.9 Å². The van der Waals surface area contributed by atoms with Gasteiger partial charge in [0.25, 0.3) is 0 Å². The Kier molecular flexibility index (Phi) is 5.17. The van der Waals surface area contributed by atoms with Crippen molar-refractivity contribution >= 4 is 24.1 Å². The smallest absolute Gasteiger partial charge is 0.240 e. The first kappa shape index (κ1) is 14.0. The van der Waals surface area contributed by atoms with Crippen LogP contribution in [0.2, 0.25) is 0 Å². The van der Waals surface area contributed by atoms with Crippen LogP contribution in [0.1, 0.15) is 13.8 Å². The quantitative estimate of drug-likeness (QED) is 0.494. The molecule has 1 amide bonds. The van der Waals surface area contributed by atoms with Crippen LogP contribution in [0.5, 0.6) is 0 Å². The third kappa shape index (κ3) is 4.45. The number of nitrogens with zero attached hydrogens (tertiary/aromatic N) is 1. The Bertz CT molecular complexity index is 441. The highest BCUT2D eigenvalue weighted by atomic mass is 19.1. The Balaban J connectivity index is 2.68. The third-order valence-corrected chi connectivity index (χ3v) is 2.11. The Labute approximate surface area is 105 Å². The van der Waals surface area contributed by atoms with Crippen molar-refractivity contribution in [3.8, 4) is 0 Å². The highest BCUT2D eigenvalue weighted by Crippen LogP contribution is 2.09. The van der Waals surface area contributed by atoms with Crippen LogP contribution in [-0.4, -0.2) is 24.4 Å². The van der Waals surface area contributed by atoms with Crippen LogP contribution in [0, 0.1) is 11.7 Å². The summed E-state index contributed by atoms with van der Waals surface area (Å²) in [5, 5.41) is 2.52. The first-order valence-corrected chi connectivity index (χ1v) is 5.58. The lowest BCUT2D eigenvalue weighted by Gasteiger charge is -2.07. The molecule has 0 fully saturated rings. The summed E-state index contributed by atoms with van der Waals surface area (Å²) in [6, 6.07) is 5.33. The van der Waals surface area contributed by atoms with Gasteiger partial charge in [-0.3, -0.25) is 9.79 Å². The number of aliphatic imine (C=N–C) groups is 1. The van der Waals surface area contributed by atoms with E-state index in [0.29, 0.717) is 12.0 Å². The largest absolute Gasteiger partial charge is 0.325 e. The number of carbonyl (C=O) groups excluding carboxylic acids is 2. The summed E-state index contributed by atoms with van der Waals surface area (Å²) in [5.74, 6) is -1.81. The number of carbonyl (C=O) groups is 2. The van der Waals surface area contributed by atoms with Gasteiger partial charge in [0.2, 0.25) is 5.91 Å². The topological polar surface area (TPSA) is 58.5 Å². The zero-order valence-corrected chi connectivity index (χ0v) is 10.3. The summed E-state index contributed by atoms with van der Waals surface area (Å²) in [6.45, 7) is 3.69. The van der Waals surface area contributed by atoms with Gasteiger partial charge in [-0.15, -0.1) is 0 Å². The molecule has 1 aromatic carbocycles. The maximum atomic E-state index is 12.7. The normalized spacial score (nSPS) is 12.7. The molecule has 0 bridgehead atoms. The molecule has 0 saturated heterocycles. The molecule has 0 aliphatic rings. The molecule has 96 valence electrons. The molecule has 5 heteroatoms. The van der Waals surface area contributed by atoms with Crippen molar-refractivity contribution in [1.29, 1.82) is 0 Å². The van der Waals surface area contributed by atoms with E-state index in [1.807, 2.05) is 13.8 Å². The molecule has 0 saturated carbocycles. The molecule has 1 unspecified atom stereocenters. The van der Waals surface area contributed by atoms with Crippen molar-refractivity contribution in [2.75, 3.05) is 5.32 Å². The molecule has 1 rings (SSSR count). The highest BCUT2D eigenvalue weighted by molar-refractivity contribution is 6.11. The maximum Gasteiger partial charge on any atom is 0.240 e. The average molecular weight is 250 g/mol. The zero-order valence-electron chi connectivity index (χ0n) is 10.3. The molecule has 0 aromatic heterocycles. The van der Waals surface area contributed by atoms with E-state index in [4.69, 9.17) is 0 Å². The highest BCUT2D eigenvalue weighted by Gasteiger charge is 2.15. The number of benzene rings is 1. The summed E-state index contributed by atoms with van der Waals surface area (Å²) in [7, 11) is 0. The molecule has 4 nitrogen and oxygen atoms in total. The predicted octanol–water partition coefficient (Wildman–Crippen LogP) is 2.06. The summed E-state index contributed by atoms with van der Waals surface area (Å²) in [6.07, 6.45) is 1.83. The summed E-state index contributed by atoms with van der Waals surface area (Å²) in [5.41, 5.74) is 0.436. The van der Waals surface area contributed by atoms with Crippen LogP contribution < -0.4 is 5.32 Å². The minimum Gasteiger partial charge on any atom is -0.325 e. The van der Waals surface area contributed by atoms with Crippen LogP contribution in [0.25, 0.3) is 0 Å². The first-order chi connectivity index (χ1) is 8.52. The summed E-state index contributed by atoms with van der Waals surface area (Å²) < 4.78 is 12.7. The minimum atomic E-state index is -0.933. The molecule has 18 heavy (non-hydrogen) atoms. The van der Waals surface area contributed by atoms with E-state index in [-0.39, 0.29) is 11.9 Å². The van der Waals surface area contributed by atoms with E-state index in [1.165, 1.54) is 30.5 Å². The number of amides is 1. The van der Waals surface area contributed by atoms with E-state index in [9.17, 15) is 14.0 Å². The summed E-state index contributed by atoms with van der Waals surface area (Å²) >= 11 is 0. The second kappa shape index (κ2) is 6.64. The van der Waals surface area contributed by atoms with Gasteiger partial charge in [-0.05, 0) is 38.1 Å². The van der Waals surface area contributed by atoms with E-state index >= 15 is 0 Å². The molecule has 1 atom stereocenters. The predicted molar refractivity (Wildman–Crippen MR) is 68.2 cm³/mol. The molecule has 0 aliphatic heterocycles. The van der Waals surface area contributed by atoms with Gasteiger partial charge in [-0.25, -0.2) is 4.39 Å². The number of halogens is 1. The number of anilines is 1. The van der Waals surface area contributed by atoms with Crippen molar-refractivity contribution in [3.63, 3.8) is 0 Å². The van der Waals surface area contributed by atoms with Crippen molar-refractivity contribution in [3.05, 3.63) is 30.1 Å². The van der Waals surface area contributed by atoms with E-state index in [0.717, 1.165) is 0 Å². The van der Waals surface area contributed by atoms with Crippen LogP contribution >= 0.6 is 0 Å². The Morgan fingerprint density at radius 1 is 1.33 bits per heavy atom. The summed E-state index contributed by atoms with van der Waals surface area (Å²) in [4.78, 5) is 26.5. The van der Waals surface area contributed by atoms with Gasteiger partial charge in [-0.1, -0.05) is 0 Å². The molecule has 1 aromatic rings. The van der Waals surface area contributed by atoms with Gasteiger partial charge in [0.1, 0.15) is 18.0 Å². The van der Waals surface area contributed by atoms with Crippen molar-refractivity contribution < 1.29 is 14.0 Å². The van der Waals surface area contributed by atoms with Gasteiger partial charge in [0.15, 0.2) is 0 Å². The fourth-order valence-electron chi connectivity index (χ4n) is 1.19. The van der Waals surface area contributed by atoms with Crippen molar-refractivity contribution in [2.45, 2.75) is 19.9 Å². The second-order valence-electron chi connectivity index (χ2n) is 4.05. The first-order valence-electron chi connectivity index (χ1n) is 5.58. The molecule has 1 N–H and O–H groups in total. The molecule has 0 heterocycles. The Morgan fingerprint density at radius 3 is 2.44 bits per heavy atom. The molecular formula is C13H15FN2O2. The van der Waals surface area contributed by atoms with Crippen LogP contribution in [0.4, 0.5) is 10.1 Å². The lowest BCUT2D eigenvalue weighted by Crippen LogP contribution is -2.25. The number of rotatable bonds is 5. The van der Waals surface area contributed by atoms with Gasteiger partial charge < -0.3 is 10.1 Å². The number of aldehydes is 1. The third-order valence-electron chi connectivity index (χ3n) is 2.11. The fourth-order valence-corrected chi connectivity index (χ4v) is 1.19. The Morgan fingerprint density at radius 2 is 1.94 bits per heavy atom. The Hall–Kier alpha value is -2.04. The number of hydrogen-bond donors (Lipinski definition) is 1. The lowest BCUT2D eigenvalue weighted by atomic mass is 10.1. The zero-order chi connectivity index (χ0) is 13.5. The molecular weight excluding hydrogens is 235 g/mol. The fraction of sp³-hybridized carbons (Fsp3) is 0.308. The van der Waals surface area contributed by atoms with Gasteiger partial charge >= 0.3 is 0 Å². The van der Waals surface area contributed by atoms with E-state index in [1.54, 1.807) is 0 Å². The second-order valence-corrected chi connectivity index (χ2v) is 4.05. The van der Waals surface area contributed by atoms with Gasteiger partial charge in [-0.2, -0.15) is 0 Å². The minimum absolute atomic E-state index is 0.0195. The maximum absolute atomic E-state index is 12.7. The van der Waals surface area contributed by atoms with Crippen LogP contribution in [0.15, 0.2) is 29.3 Å². The lowest BCUT2D eigenvalue weighted by molar-refractivity contribution is -0.122. The SMILES string of the molecule is CC(C)N=CC(C=O)C(=O)Nc1ccc(F)cc1. The van der Waals surface area contributed by atoms with Crippen LogP contribution in [-0.2, 0) is 9.59 Å². The van der Waals surface area contributed by atoms with Crippen molar-refractivity contribution in [1.82, 2.24) is 0 Å². The van der Waals surface area contributed by atoms with E-state index < -0.39 is 11.8 Å². The standard InChI is InChI=1S/C13H15FN2O2/c1-9(2)15-7-10(8-17)13(18)16-12-5-3-11(14)4-6-12/h3-10H,1-2H3,(H,16,18). The monoisotopic (exact) mass is 250 g/mol. The van der Waals surface area contributed by atoms with Crippen molar-refractivity contribution in [2.24, 2.45) is 10.9 Å². The molecule has 0 radical (unpaired) electrons.